The maximum atomic E-state index is 8.37. The van der Waals surface area contributed by atoms with Crippen LogP contribution in [0.3, 0.4) is 0 Å². The lowest BCUT2D eigenvalue weighted by Gasteiger charge is -1.94. The van der Waals surface area contributed by atoms with E-state index in [0.717, 1.165) is 5.56 Å². The molecule has 1 rings (SSSR count). The second kappa shape index (κ2) is 3.01. The van der Waals surface area contributed by atoms with Crippen molar-refractivity contribution in [2.24, 2.45) is 5.16 Å². The largest absolute Gasteiger partial charge is 0.411 e. The minimum Gasteiger partial charge on any atom is -0.411 e. The third kappa shape index (κ3) is 1.35. The number of hydrogen-bond acceptors (Lipinski definition) is 2. The smallest absolute Gasteiger partial charge is 0.0836 e. The van der Waals surface area contributed by atoms with E-state index >= 15 is 0 Å². The van der Waals surface area contributed by atoms with E-state index in [2.05, 4.69) is 11.2 Å². The van der Waals surface area contributed by atoms with Crippen molar-refractivity contribution in [2.75, 3.05) is 0 Å². The average molecular weight is 134 g/mol. The van der Waals surface area contributed by atoms with Crippen molar-refractivity contribution in [2.45, 2.75) is 6.92 Å². The molecule has 1 N–H and O–H groups in total. The van der Waals surface area contributed by atoms with Gasteiger partial charge in [-0.25, -0.2) is 0 Å². The molecule has 0 amide bonds. The van der Waals surface area contributed by atoms with E-state index in [1.807, 2.05) is 12.1 Å². The van der Waals surface area contributed by atoms with Gasteiger partial charge in [0, 0.05) is 0 Å². The lowest BCUT2D eigenvalue weighted by atomic mass is 10.1. The summed E-state index contributed by atoms with van der Waals surface area (Å²) < 4.78 is 0. The van der Waals surface area contributed by atoms with Gasteiger partial charge in [-0.05, 0) is 18.6 Å². The van der Waals surface area contributed by atoms with Gasteiger partial charge in [-0.3, -0.25) is 0 Å². The van der Waals surface area contributed by atoms with Crippen LogP contribution in [0.1, 0.15) is 12.5 Å². The van der Waals surface area contributed by atoms with Crippen LogP contribution in [0.4, 0.5) is 0 Å². The summed E-state index contributed by atoms with van der Waals surface area (Å²) in [5, 5.41) is 11.4. The highest BCUT2D eigenvalue weighted by Crippen LogP contribution is 1.98. The van der Waals surface area contributed by atoms with Crippen molar-refractivity contribution in [3.8, 4) is 0 Å². The molecule has 0 saturated carbocycles. The van der Waals surface area contributed by atoms with Gasteiger partial charge in [-0.2, -0.15) is 0 Å². The van der Waals surface area contributed by atoms with Gasteiger partial charge in [0.25, 0.3) is 0 Å². The topological polar surface area (TPSA) is 32.6 Å². The zero-order chi connectivity index (χ0) is 7.40. The van der Waals surface area contributed by atoms with Crippen LogP contribution in [0.25, 0.3) is 0 Å². The van der Waals surface area contributed by atoms with Crippen molar-refractivity contribution in [1.29, 1.82) is 0 Å². The fourth-order valence-corrected chi connectivity index (χ4v) is 0.686. The number of benzene rings is 1. The lowest BCUT2D eigenvalue weighted by molar-refractivity contribution is 0.319. The van der Waals surface area contributed by atoms with E-state index < -0.39 is 0 Å². The van der Waals surface area contributed by atoms with Crippen LogP contribution in [0.15, 0.2) is 29.4 Å². The maximum Gasteiger partial charge on any atom is 0.0836 e. The van der Waals surface area contributed by atoms with Gasteiger partial charge in [0.1, 0.15) is 0 Å². The molecule has 0 aliphatic carbocycles. The molecule has 0 aliphatic heterocycles. The SMILES string of the molecule is CC(=NO)c1cc[c]cc1. The van der Waals surface area contributed by atoms with Crippen LogP contribution in [0, 0.1) is 6.07 Å². The van der Waals surface area contributed by atoms with Crippen LogP contribution in [0.5, 0.6) is 0 Å². The van der Waals surface area contributed by atoms with Crippen molar-refractivity contribution < 1.29 is 5.21 Å². The molecule has 0 saturated heterocycles. The number of rotatable bonds is 1. The minimum atomic E-state index is 0.619. The molecule has 2 heteroatoms. The van der Waals surface area contributed by atoms with Crippen LogP contribution in [0.2, 0.25) is 0 Å². The Balaban J connectivity index is 2.96. The van der Waals surface area contributed by atoms with Crippen LogP contribution < -0.4 is 0 Å². The second-order valence-electron chi connectivity index (χ2n) is 1.97. The first kappa shape index (κ1) is 6.81. The van der Waals surface area contributed by atoms with Gasteiger partial charge >= 0.3 is 0 Å². The lowest BCUT2D eigenvalue weighted by Crippen LogP contribution is -1.92. The molecule has 0 unspecified atom stereocenters. The van der Waals surface area contributed by atoms with Gasteiger partial charge in [0.2, 0.25) is 0 Å². The molecule has 1 radical (unpaired) electrons. The number of nitrogens with zero attached hydrogens (tertiary/aromatic N) is 1. The normalized spacial score (nSPS) is 11.5. The first-order valence-electron chi connectivity index (χ1n) is 2.99. The minimum absolute atomic E-state index is 0.619. The van der Waals surface area contributed by atoms with Crippen LogP contribution in [-0.4, -0.2) is 10.9 Å². The molecule has 0 spiro atoms. The average Bonchev–Trinajstić information content (AvgIpc) is 2.05. The zero-order valence-corrected chi connectivity index (χ0v) is 5.70. The summed E-state index contributed by atoms with van der Waals surface area (Å²) in [5.41, 5.74) is 1.54. The number of hydrogen-bond donors (Lipinski definition) is 1. The standard InChI is InChI=1S/C8H8NO/c1-7(9-10)8-5-3-2-4-6-8/h3-6,10H,1H3. The summed E-state index contributed by atoms with van der Waals surface area (Å²) in [6.45, 7) is 1.75. The van der Waals surface area contributed by atoms with Gasteiger partial charge in [0.15, 0.2) is 0 Å². The second-order valence-corrected chi connectivity index (χ2v) is 1.97. The van der Waals surface area contributed by atoms with E-state index in [-0.39, 0.29) is 0 Å². The van der Waals surface area contributed by atoms with Crippen molar-refractivity contribution in [3.63, 3.8) is 0 Å². The summed E-state index contributed by atoms with van der Waals surface area (Å²) >= 11 is 0. The first-order chi connectivity index (χ1) is 4.84. The van der Waals surface area contributed by atoms with Crippen LogP contribution in [-0.2, 0) is 0 Å². The first-order valence-corrected chi connectivity index (χ1v) is 2.99. The molecule has 0 aliphatic rings. The number of oxime groups is 1. The van der Waals surface area contributed by atoms with Gasteiger partial charge in [-0.15, -0.1) is 0 Å². The van der Waals surface area contributed by atoms with E-state index in [0.29, 0.717) is 5.71 Å². The fourth-order valence-electron chi connectivity index (χ4n) is 0.686. The molecule has 0 atom stereocenters. The third-order valence-electron chi connectivity index (χ3n) is 1.29. The Morgan fingerprint density at radius 2 is 2.10 bits per heavy atom. The fraction of sp³-hybridized carbons (Fsp3) is 0.125. The molecule has 10 heavy (non-hydrogen) atoms. The molecular formula is C8H8NO. The Labute approximate surface area is 59.8 Å². The molecule has 0 heterocycles. The zero-order valence-electron chi connectivity index (χ0n) is 5.70. The Kier molecular flexibility index (Phi) is 2.05. The quantitative estimate of drug-likeness (QED) is 0.354. The highest BCUT2D eigenvalue weighted by Gasteiger charge is 1.92. The predicted molar refractivity (Wildman–Crippen MR) is 39.3 cm³/mol. The molecular weight excluding hydrogens is 126 g/mol. The van der Waals surface area contributed by atoms with Crippen molar-refractivity contribution in [1.82, 2.24) is 0 Å². The summed E-state index contributed by atoms with van der Waals surface area (Å²) in [6, 6.07) is 10.1. The summed E-state index contributed by atoms with van der Waals surface area (Å²) in [5.74, 6) is 0. The molecule has 51 valence electrons. The monoisotopic (exact) mass is 134 g/mol. The van der Waals surface area contributed by atoms with Gasteiger partial charge in [-0.1, -0.05) is 29.4 Å². The summed E-state index contributed by atoms with van der Waals surface area (Å²) in [4.78, 5) is 0. The highest BCUT2D eigenvalue weighted by molar-refractivity contribution is 5.98. The maximum absolute atomic E-state index is 8.37. The molecule has 2 nitrogen and oxygen atoms in total. The van der Waals surface area contributed by atoms with E-state index in [4.69, 9.17) is 5.21 Å². The molecule has 0 aromatic heterocycles. The Bertz CT molecular complexity index is 228. The molecule has 1 aromatic carbocycles. The molecule has 0 bridgehead atoms. The molecule has 0 fully saturated rings. The Morgan fingerprint density at radius 3 is 2.60 bits per heavy atom. The third-order valence-corrected chi connectivity index (χ3v) is 1.29. The van der Waals surface area contributed by atoms with E-state index in [9.17, 15) is 0 Å². The van der Waals surface area contributed by atoms with Crippen molar-refractivity contribution >= 4 is 5.71 Å². The Hall–Kier alpha value is -1.31. The molecule has 1 aromatic rings. The van der Waals surface area contributed by atoms with Crippen LogP contribution >= 0.6 is 0 Å². The van der Waals surface area contributed by atoms with Gasteiger partial charge < -0.3 is 5.21 Å². The summed E-state index contributed by atoms with van der Waals surface area (Å²) in [6.07, 6.45) is 0. The van der Waals surface area contributed by atoms with E-state index in [1.54, 1.807) is 19.1 Å². The van der Waals surface area contributed by atoms with Gasteiger partial charge in [0.05, 0.1) is 5.71 Å². The van der Waals surface area contributed by atoms with Crippen molar-refractivity contribution in [3.05, 3.63) is 35.9 Å². The highest BCUT2D eigenvalue weighted by atomic mass is 16.4. The van der Waals surface area contributed by atoms with E-state index in [1.165, 1.54) is 0 Å². The predicted octanol–water partition coefficient (Wildman–Crippen LogP) is 1.68. The summed E-state index contributed by atoms with van der Waals surface area (Å²) in [7, 11) is 0. The Morgan fingerprint density at radius 1 is 1.50 bits per heavy atom.